The third kappa shape index (κ3) is 4.81. The largest absolute Gasteiger partial charge is 0.398 e. The molecule has 4 aromatic rings. The SMILES string of the molecule is Nc1ccc(-c2cccs2)cc1CNC(=O)c1ccc(N2CCC3(CC2)C(=O)NCN3c2ccccc2)nc1. The van der Waals surface area contributed by atoms with Crippen LogP contribution in [0.4, 0.5) is 17.2 Å². The molecule has 0 bridgehead atoms. The van der Waals surface area contributed by atoms with Crippen molar-refractivity contribution in [2.24, 2.45) is 0 Å². The maximum atomic E-state index is 12.9. The number of nitrogens with two attached hydrogens (primary N) is 1. The number of piperidine rings is 1. The summed E-state index contributed by atoms with van der Waals surface area (Å²) in [5.74, 6) is 0.695. The molecule has 2 fully saturated rings. The van der Waals surface area contributed by atoms with Crippen molar-refractivity contribution in [3.05, 3.63) is 95.5 Å². The monoisotopic (exact) mass is 538 g/mol. The molecule has 6 rings (SSSR count). The van der Waals surface area contributed by atoms with Crippen molar-refractivity contribution in [3.8, 4) is 10.4 Å². The molecule has 9 heteroatoms. The van der Waals surface area contributed by atoms with Crippen LogP contribution < -0.4 is 26.2 Å². The Labute approximate surface area is 231 Å². The van der Waals surface area contributed by atoms with Crippen LogP contribution in [0.5, 0.6) is 0 Å². The lowest BCUT2D eigenvalue weighted by atomic mass is 9.85. The molecule has 39 heavy (non-hydrogen) atoms. The molecule has 2 aliphatic rings. The van der Waals surface area contributed by atoms with Crippen LogP contribution in [-0.4, -0.2) is 42.1 Å². The zero-order valence-corrected chi connectivity index (χ0v) is 22.3. The summed E-state index contributed by atoms with van der Waals surface area (Å²) in [6.07, 6.45) is 3.01. The summed E-state index contributed by atoms with van der Waals surface area (Å²) in [7, 11) is 0. The van der Waals surface area contributed by atoms with E-state index in [2.05, 4.69) is 43.6 Å². The number of thiophene rings is 1. The number of anilines is 3. The fraction of sp³-hybridized carbons (Fsp3) is 0.233. The number of amides is 2. The van der Waals surface area contributed by atoms with E-state index >= 15 is 0 Å². The highest BCUT2D eigenvalue weighted by molar-refractivity contribution is 7.13. The number of hydrogen-bond donors (Lipinski definition) is 3. The Hall–Kier alpha value is -4.37. The second kappa shape index (κ2) is 10.4. The van der Waals surface area contributed by atoms with Gasteiger partial charge in [0.25, 0.3) is 5.91 Å². The first-order chi connectivity index (χ1) is 19.0. The molecule has 0 unspecified atom stereocenters. The molecule has 0 saturated carbocycles. The summed E-state index contributed by atoms with van der Waals surface area (Å²) in [6.45, 7) is 2.26. The number of para-hydroxylation sites is 1. The van der Waals surface area contributed by atoms with Gasteiger partial charge in [-0.2, -0.15) is 0 Å². The first kappa shape index (κ1) is 24.9. The van der Waals surface area contributed by atoms with Crippen molar-refractivity contribution in [3.63, 3.8) is 0 Å². The Bertz CT molecular complexity index is 1470. The zero-order chi connectivity index (χ0) is 26.8. The minimum absolute atomic E-state index is 0.0903. The molecular weight excluding hydrogens is 508 g/mol. The Morgan fingerprint density at radius 2 is 1.87 bits per heavy atom. The van der Waals surface area contributed by atoms with Crippen molar-refractivity contribution in [1.29, 1.82) is 0 Å². The summed E-state index contributed by atoms with van der Waals surface area (Å²) in [4.78, 5) is 35.9. The number of nitrogens with zero attached hydrogens (tertiary/aromatic N) is 3. The lowest BCUT2D eigenvalue weighted by Gasteiger charge is -2.43. The van der Waals surface area contributed by atoms with Crippen molar-refractivity contribution in [2.45, 2.75) is 24.9 Å². The number of rotatable bonds is 6. The Morgan fingerprint density at radius 1 is 1.05 bits per heavy atom. The molecule has 2 saturated heterocycles. The van der Waals surface area contributed by atoms with E-state index in [9.17, 15) is 9.59 Å². The number of pyridine rings is 1. The van der Waals surface area contributed by atoms with Crippen LogP contribution in [0.25, 0.3) is 10.4 Å². The second-order valence-electron chi connectivity index (χ2n) is 9.92. The van der Waals surface area contributed by atoms with Gasteiger partial charge in [0.1, 0.15) is 11.4 Å². The van der Waals surface area contributed by atoms with Crippen LogP contribution in [0.1, 0.15) is 28.8 Å². The zero-order valence-electron chi connectivity index (χ0n) is 21.5. The minimum Gasteiger partial charge on any atom is -0.398 e. The topological polar surface area (TPSA) is 104 Å². The van der Waals surface area contributed by atoms with Crippen LogP contribution >= 0.6 is 11.3 Å². The van der Waals surface area contributed by atoms with E-state index in [4.69, 9.17) is 5.73 Å². The van der Waals surface area contributed by atoms with Gasteiger partial charge in [-0.3, -0.25) is 9.59 Å². The average Bonchev–Trinajstić information content (AvgIpc) is 3.62. The molecule has 2 amide bonds. The summed E-state index contributed by atoms with van der Waals surface area (Å²) in [5.41, 5.74) is 9.78. The molecule has 1 spiro atoms. The molecule has 2 aromatic carbocycles. The first-order valence-corrected chi connectivity index (χ1v) is 13.9. The van der Waals surface area contributed by atoms with Gasteiger partial charge in [-0.15, -0.1) is 11.3 Å². The number of carbonyl (C=O) groups excluding carboxylic acids is 2. The molecule has 0 aliphatic carbocycles. The lowest BCUT2D eigenvalue weighted by molar-refractivity contribution is -0.124. The van der Waals surface area contributed by atoms with Crippen molar-refractivity contribution in [1.82, 2.24) is 15.6 Å². The molecule has 0 radical (unpaired) electrons. The number of aromatic nitrogens is 1. The molecule has 2 aromatic heterocycles. The van der Waals surface area contributed by atoms with E-state index in [1.54, 1.807) is 23.6 Å². The highest BCUT2D eigenvalue weighted by Crippen LogP contribution is 2.37. The smallest absolute Gasteiger partial charge is 0.253 e. The number of benzene rings is 2. The normalized spacial score (nSPS) is 16.4. The highest BCUT2D eigenvalue weighted by atomic mass is 32.1. The maximum absolute atomic E-state index is 12.9. The number of hydrogen-bond acceptors (Lipinski definition) is 7. The van der Waals surface area contributed by atoms with Gasteiger partial charge in [-0.1, -0.05) is 30.3 Å². The van der Waals surface area contributed by atoms with E-state index in [-0.39, 0.29) is 11.8 Å². The summed E-state index contributed by atoms with van der Waals surface area (Å²) in [6, 6.07) is 23.7. The Morgan fingerprint density at radius 3 is 2.59 bits per heavy atom. The van der Waals surface area contributed by atoms with Gasteiger partial charge in [-0.25, -0.2) is 4.98 Å². The molecule has 4 heterocycles. The molecule has 0 atom stereocenters. The number of nitrogen functional groups attached to an aromatic ring is 1. The standard InChI is InChI=1S/C30H30N6O2S/c31-25-10-8-21(26-7-4-16-39-26)17-23(25)19-33-28(37)22-9-11-27(32-18-22)35-14-12-30(13-15-35)29(38)34-20-36(30)24-5-2-1-3-6-24/h1-11,16-18H,12-15,19-20,31H2,(H,33,37)(H,34,38). The van der Waals surface area contributed by atoms with Crippen molar-refractivity contribution >= 4 is 40.3 Å². The van der Waals surface area contributed by atoms with Crippen LogP contribution in [-0.2, 0) is 11.3 Å². The van der Waals surface area contributed by atoms with Crippen LogP contribution in [0, 0.1) is 0 Å². The van der Waals surface area contributed by atoms with Gasteiger partial charge in [-0.05, 0) is 71.8 Å². The highest BCUT2D eigenvalue weighted by Gasteiger charge is 2.50. The minimum atomic E-state index is -0.541. The predicted molar refractivity (Wildman–Crippen MR) is 156 cm³/mol. The van der Waals surface area contributed by atoms with Crippen molar-refractivity contribution in [2.75, 3.05) is 35.3 Å². The fourth-order valence-electron chi connectivity index (χ4n) is 5.48. The first-order valence-electron chi connectivity index (χ1n) is 13.1. The summed E-state index contributed by atoms with van der Waals surface area (Å²) in [5, 5.41) is 8.05. The van der Waals surface area contributed by atoms with E-state index in [0.29, 0.717) is 50.4 Å². The predicted octanol–water partition coefficient (Wildman–Crippen LogP) is 4.26. The van der Waals surface area contributed by atoms with Gasteiger partial charge in [0.15, 0.2) is 0 Å². The molecule has 8 nitrogen and oxygen atoms in total. The van der Waals surface area contributed by atoms with Gasteiger partial charge in [0.05, 0.1) is 12.2 Å². The van der Waals surface area contributed by atoms with Gasteiger partial charge >= 0.3 is 0 Å². The second-order valence-corrected chi connectivity index (χ2v) is 10.9. The van der Waals surface area contributed by atoms with E-state index in [0.717, 1.165) is 27.5 Å². The molecular formula is C30H30N6O2S. The molecule has 198 valence electrons. The quantitative estimate of drug-likeness (QED) is 0.317. The van der Waals surface area contributed by atoms with E-state index in [1.165, 1.54) is 0 Å². The summed E-state index contributed by atoms with van der Waals surface area (Å²) < 4.78 is 0. The summed E-state index contributed by atoms with van der Waals surface area (Å²) >= 11 is 1.67. The Balaban J connectivity index is 1.08. The van der Waals surface area contributed by atoms with Crippen LogP contribution in [0.2, 0.25) is 0 Å². The van der Waals surface area contributed by atoms with Gasteiger partial charge in [0.2, 0.25) is 5.91 Å². The third-order valence-corrected chi connectivity index (χ3v) is 8.64. The van der Waals surface area contributed by atoms with Crippen molar-refractivity contribution < 1.29 is 9.59 Å². The van der Waals surface area contributed by atoms with Crippen LogP contribution in [0.3, 0.4) is 0 Å². The van der Waals surface area contributed by atoms with Gasteiger partial charge in [0, 0.05) is 42.1 Å². The molecule has 4 N–H and O–H groups in total. The third-order valence-electron chi connectivity index (χ3n) is 7.72. The van der Waals surface area contributed by atoms with Gasteiger partial charge < -0.3 is 26.2 Å². The van der Waals surface area contributed by atoms with E-state index < -0.39 is 5.54 Å². The number of nitrogens with one attached hydrogen (secondary N) is 2. The molecule has 2 aliphatic heterocycles. The Kier molecular flexibility index (Phi) is 6.66. The maximum Gasteiger partial charge on any atom is 0.253 e. The van der Waals surface area contributed by atoms with Crippen LogP contribution in [0.15, 0.2) is 84.4 Å². The number of carbonyl (C=O) groups is 2. The van der Waals surface area contributed by atoms with E-state index in [1.807, 2.05) is 53.9 Å². The average molecular weight is 539 g/mol. The lowest BCUT2D eigenvalue weighted by Crippen LogP contribution is -2.56. The fourth-order valence-corrected chi connectivity index (χ4v) is 6.20.